The Morgan fingerprint density at radius 3 is 2.64 bits per heavy atom. The van der Waals surface area contributed by atoms with Crippen LogP contribution in [0.3, 0.4) is 0 Å². The number of rotatable bonds is 3. The van der Waals surface area contributed by atoms with Crippen molar-refractivity contribution in [2.75, 3.05) is 16.7 Å². The van der Waals surface area contributed by atoms with Crippen molar-refractivity contribution in [1.29, 1.82) is 0 Å². The number of nitrogens with zero attached hydrogens (tertiary/aromatic N) is 2. The first-order chi connectivity index (χ1) is 13.4. The lowest BCUT2D eigenvalue weighted by Gasteiger charge is -2.14. The lowest BCUT2D eigenvalue weighted by atomic mass is 10.2. The van der Waals surface area contributed by atoms with Crippen LogP contribution in [-0.4, -0.2) is 26.4 Å². The maximum atomic E-state index is 13.8. The van der Waals surface area contributed by atoms with E-state index in [0.717, 1.165) is 6.07 Å². The molecular weight excluding hydrogens is 385 g/mol. The average molecular weight is 399 g/mol. The van der Waals surface area contributed by atoms with Gasteiger partial charge in [-0.2, -0.15) is 0 Å². The Morgan fingerprint density at radius 1 is 1.07 bits per heavy atom. The van der Waals surface area contributed by atoms with Crippen LogP contribution in [0.5, 0.6) is 11.5 Å². The molecular formula is C19H14FN3O4S. The fourth-order valence-corrected chi connectivity index (χ4v) is 3.88. The lowest BCUT2D eigenvalue weighted by molar-refractivity contribution is 0.0992. The molecule has 0 bridgehead atoms. The first-order valence-corrected chi connectivity index (χ1v) is 9.67. The summed E-state index contributed by atoms with van der Waals surface area (Å²) in [7, 11) is -2.60. The van der Waals surface area contributed by atoms with E-state index in [4.69, 9.17) is 4.74 Å². The van der Waals surface area contributed by atoms with Crippen molar-refractivity contribution in [3.05, 3.63) is 72.2 Å². The molecule has 1 aliphatic rings. The molecule has 9 heteroatoms. The van der Waals surface area contributed by atoms with Crippen LogP contribution in [0.1, 0.15) is 10.4 Å². The molecule has 0 fully saturated rings. The molecule has 1 aromatic heterocycles. The number of aromatic nitrogens is 1. The lowest BCUT2D eigenvalue weighted by Crippen LogP contribution is -2.26. The topological polar surface area (TPSA) is 88.6 Å². The number of hydrogen-bond acceptors (Lipinski definition) is 5. The Hall–Kier alpha value is -3.46. The van der Waals surface area contributed by atoms with Crippen LogP contribution in [0.2, 0.25) is 0 Å². The van der Waals surface area contributed by atoms with Crippen LogP contribution in [0.15, 0.2) is 65.7 Å². The smallest absolute Gasteiger partial charge is 0.263 e. The highest BCUT2D eigenvalue weighted by Crippen LogP contribution is 2.37. The second kappa shape index (κ2) is 6.61. The van der Waals surface area contributed by atoms with E-state index in [0.29, 0.717) is 11.6 Å². The number of halogens is 1. The van der Waals surface area contributed by atoms with E-state index in [1.54, 1.807) is 12.1 Å². The van der Waals surface area contributed by atoms with Gasteiger partial charge in [0.15, 0.2) is 11.6 Å². The van der Waals surface area contributed by atoms with Crippen molar-refractivity contribution in [1.82, 2.24) is 4.98 Å². The Balaban J connectivity index is 1.75. The Morgan fingerprint density at radius 2 is 1.86 bits per heavy atom. The monoisotopic (exact) mass is 399 g/mol. The highest BCUT2D eigenvalue weighted by Gasteiger charge is 2.28. The van der Waals surface area contributed by atoms with E-state index in [1.807, 2.05) is 0 Å². The summed E-state index contributed by atoms with van der Waals surface area (Å²) in [4.78, 5) is 18.0. The van der Waals surface area contributed by atoms with E-state index >= 15 is 0 Å². The van der Waals surface area contributed by atoms with Crippen molar-refractivity contribution in [3.8, 4) is 11.5 Å². The number of carbonyl (C=O) groups excluding carboxylic acids is 1. The third kappa shape index (κ3) is 3.05. The van der Waals surface area contributed by atoms with Crippen LogP contribution in [0.25, 0.3) is 0 Å². The maximum absolute atomic E-state index is 13.8. The molecule has 2 aromatic carbocycles. The van der Waals surface area contributed by atoms with Crippen molar-refractivity contribution in [2.24, 2.45) is 0 Å². The maximum Gasteiger partial charge on any atom is 0.263 e. The zero-order chi connectivity index (χ0) is 19.9. The Kier molecular flexibility index (Phi) is 4.23. The summed E-state index contributed by atoms with van der Waals surface area (Å²) in [6.07, 6.45) is 1.52. The second-order valence-electron chi connectivity index (χ2n) is 6.03. The van der Waals surface area contributed by atoms with Gasteiger partial charge >= 0.3 is 0 Å². The molecule has 0 spiro atoms. The van der Waals surface area contributed by atoms with Gasteiger partial charge in [0.1, 0.15) is 11.6 Å². The van der Waals surface area contributed by atoms with Crippen molar-refractivity contribution in [2.45, 2.75) is 4.90 Å². The van der Waals surface area contributed by atoms with Crippen LogP contribution in [-0.2, 0) is 10.0 Å². The van der Waals surface area contributed by atoms with Gasteiger partial charge in [-0.1, -0.05) is 12.1 Å². The minimum Gasteiger partial charge on any atom is -0.453 e. The number of nitrogens with one attached hydrogen (secondary N) is 1. The van der Waals surface area contributed by atoms with Gasteiger partial charge < -0.3 is 4.74 Å². The molecule has 1 amide bonds. The number of ether oxygens (including phenoxy) is 1. The average Bonchev–Trinajstić information content (AvgIpc) is 2.79. The summed E-state index contributed by atoms with van der Waals surface area (Å²) in [5.74, 6) is -0.292. The SMILES string of the molecule is CN1C(=O)c2cc(S(=O)(=O)Nc3ccccc3F)ccc2Oc2cccnc21. The summed E-state index contributed by atoms with van der Waals surface area (Å²) < 4.78 is 47.1. The molecule has 2 heterocycles. The largest absolute Gasteiger partial charge is 0.453 e. The molecule has 1 N–H and O–H groups in total. The number of anilines is 2. The third-order valence-corrected chi connectivity index (χ3v) is 5.57. The molecule has 3 aromatic rings. The molecule has 0 saturated heterocycles. The zero-order valence-electron chi connectivity index (χ0n) is 14.6. The molecule has 1 aliphatic heterocycles. The summed E-state index contributed by atoms with van der Waals surface area (Å²) in [5, 5.41) is 0. The number of sulfonamides is 1. The summed E-state index contributed by atoms with van der Waals surface area (Å²) >= 11 is 0. The second-order valence-corrected chi connectivity index (χ2v) is 7.72. The Labute approximate surface area is 160 Å². The highest BCUT2D eigenvalue weighted by atomic mass is 32.2. The van der Waals surface area contributed by atoms with E-state index < -0.39 is 21.7 Å². The quantitative estimate of drug-likeness (QED) is 0.729. The van der Waals surface area contributed by atoms with Crippen LogP contribution >= 0.6 is 0 Å². The molecule has 0 atom stereocenters. The van der Waals surface area contributed by atoms with E-state index in [-0.39, 0.29) is 21.9 Å². The van der Waals surface area contributed by atoms with Crippen LogP contribution in [0.4, 0.5) is 15.9 Å². The number of carbonyl (C=O) groups is 1. The molecule has 0 saturated carbocycles. The van der Waals surface area contributed by atoms with Gasteiger partial charge in [0.05, 0.1) is 16.1 Å². The van der Waals surface area contributed by atoms with Gasteiger partial charge in [-0.05, 0) is 42.5 Å². The summed E-state index contributed by atoms with van der Waals surface area (Å²) in [6, 6.07) is 12.6. The van der Waals surface area contributed by atoms with Gasteiger partial charge in [0.2, 0.25) is 0 Å². The molecule has 7 nitrogen and oxygen atoms in total. The summed E-state index contributed by atoms with van der Waals surface area (Å²) in [5.41, 5.74) is -0.134. The molecule has 142 valence electrons. The minimum atomic E-state index is -4.12. The van der Waals surface area contributed by atoms with Crippen molar-refractivity contribution < 1.29 is 22.3 Å². The highest BCUT2D eigenvalue weighted by molar-refractivity contribution is 7.92. The number of fused-ring (bicyclic) bond motifs is 2. The molecule has 0 aliphatic carbocycles. The van der Waals surface area contributed by atoms with Gasteiger partial charge in [-0.15, -0.1) is 0 Å². The normalized spacial score (nSPS) is 13.2. The van der Waals surface area contributed by atoms with Gasteiger partial charge in [0, 0.05) is 13.2 Å². The number of amides is 1. The fourth-order valence-electron chi connectivity index (χ4n) is 2.79. The van der Waals surface area contributed by atoms with Crippen molar-refractivity contribution >= 4 is 27.4 Å². The summed E-state index contributed by atoms with van der Waals surface area (Å²) in [6.45, 7) is 0. The van der Waals surface area contributed by atoms with Crippen molar-refractivity contribution in [3.63, 3.8) is 0 Å². The number of hydrogen-bond donors (Lipinski definition) is 1. The minimum absolute atomic E-state index is 0.0527. The standard InChI is InChI=1S/C19H14FN3O4S/c1-23-18-17(7-4-10-21-18)27-16-9-8-12(11-13(16)19(23)24)28(25,26)22-15-6-3-2-5-14(15)20/h2-11,22H,1H3. The number of benzene rings is 2. The zero-order valence-corrected chi connectivity index (χ0v) is 15.4. The molecule has 0 radical (unpaired) electrons. The fraction of sp³-hybridized carbons (Fsp3) is 0.0526. The number of pyridine rings is 1. The molecule has 0 unspecified atom stereocenters. The molecule has 4 rings (SSSR count). The van der Waals surface area contributed by atoms with Crippen LogP contribution < -0.4 is 14.4 Å². The van der Waals surface area contributed by atoms with Gasteiger partial charge in [0.25, 0.3) is 15.9 Å². The Bertz CT molecular complexity index is 1200. The first-order valence-electron chi connectivity index (χ1n) is 8.19. The predicted molar refractivity (Wildman–Crippen MR) is 101 cm³/mol. The first kappa shape index (κ1) is 17.9. The van der Waals surface area contributed by atoms with E-state index in [9.17, 15) is 17.6 Å². The van der Waals surface area contributed by atoms with Gasteiger partial charge in [-0.3, -0.25) is 14.4 Å². The van der Waals surface area contributed by atoms with E-state index in [2.05, 4.69) is 9.71 Å². The van der Waals surface area contributed by atoms with Crippen LogP contribution in [0, 0.1) is 5.82 Å². The molecule has 28 heavy (non-hydrogen) atoms. The van der Waals surface area contributed by atoms with Gasteiger partial charge in [-0.25, -0.2) is 17.8 Å². The number of para-hydroxylation sites is 1. The third-order valence-electron chi connectivity index (χ3n) is 4.20. The predicted octanol–water partition coefficient (Wildman–Crippen LogP) is 3.40. The van der Waals surface area contributed by atoms with E-state index in [1.165, 1.54) is 54.5 Å².